The second-order valence-electron chi connectivity index (χ2n) is 9.43. The van der Waals surface area contributed by atoms with E-state index >= 15 is 0 Å². The van der Waals surface area contributed by atoms with Gasteiger partial charge in [-0.25, -0.2) is 4.98 Å². The average molecular weight is 430 g/mol. The van der Waals surface area contributed by atoms with Crippen LogP contribution in [0.15, 0.2) is 69.8 Å². The zero-order valence-electron chi connectivity index (χ0n) is 18.8. The normalized spacial score (nSPS) is 25.7. The molecule has 2 aromatic rings. The molecule has 7 nitrogen and oxygen atoms in total. The Hall–Kier alpha value is -3.35. The number of benzene rings is 1. The molecule has 0 bridgehead atoms. The molecule has 0 spiro atoms. The highest BCUT2D eigenvalue weighted by Gasteiger charge is 2.52. The molecule has 0 amide bonds. The van der Waals surface area contributed by atoms with Gasteiger partial charge in [0.15, 0.2) is 11.9 Å². The molecule has 3 heterocycles. The number of azo groups is 1. The zero-order chi connectivity index (χ0) is 22.5. The van der Waals surface area contributed by atoms with Crippen molar-refractivity contribution in [3.8, 4) is 17.3 Å². The van der Waals surface area contributed by atoms with Gasteiger partial charge in [0.1, 0.15) is 0 Å². The summed E-state index contributed by atoms with van der Waals surface area (Å²) in [6.07, 6.45) is 5.37. The van der Waals surface area contributed by atoms with Crippen molar-refractivity contribution in [3.63, 3.8) is 0 Å². The third kappa shape index (κ3) is 3.06. The molecule has 1 aliphatic carbocycles. The van der Waals surface area contributed by atoms with Crippen LogP contribution in [0.3, 0.4) is 0 Å². The summed E-state index contributed by atoms with van der Waals surface area (Å²) in [6.45, 7) is 6.43. The Bertz CT molecular complexity index is 1200. The highest BCUT2D eigenvalue weighted by Crippen LogP contribution is 2.53. The summed E-state index contributed by atoms with van der Waals surface area (Å²) in [4.78, 5) is 22.2. The number of carbonyl (C=O) groups excluding carboxylic acids is 1. The summed E-state index contributed by atoms with van der Waals surface area (Å²) in [7, 11) is 1.56. The van der Waals surface area contributed by atoms with E-state index in [9.17, 15) is 4.79 Å². The summed E-state index contributed by atoms with van der Waals surface area (Å²) in [5.74, 6) is 0.200. The predicted molar refractivity (Wildman–Crippen MR) is 121 cm³/mol. The van der Waals surface area contributed by atoms with Gasteiger partial charge in [-0.15, -0.1) is 0 Å². The van der Waals surface area contributed by atoms with Gasteiger partial charge in [0.2, 0.25) is 0 Å². The summed E-state index contributed by atoms with van der Waals surface area (Å²) >= 11 is 0. The van der Waals surface area contributed by atoms with Crippen molar-refractivity contribution in [2.75, 3.05) is 7.11 Å². The van der Waals surface area contributed by atoms with Crippen molar-refractivity contribution in [1.29, 1.82) is 0 Å². The SMILES string of the molecule is CCC1(c2cccc(-c3ccnc(OC)n3)c2)C2=CN=NC2NC2=C1C(=O)CC(C)(C)C2. The molecule has 0 radical (unpaired) electrons. The van der Waals surface area contributed by atoms with Gasteiger partial charge in [0.25, 0.3) is 0 Å². The highest BCUT2D eigenvalue weighted by atomic mass is 16.5. The Morgan fingerprint density at radius 2 is 2.06 bits per heavy atom. The Balaban J connectivity index is 1.71. The standard InChI is InChI=1S/C25H27N5O2/c1-5-25(16-8-6-7-15(11-16)18-9-10-26-23(29-18)32-4)17-14-27-30-22(17)28-19-12-24(2,3)13-20(31)21(19)25/h6-11,14,22,28H,5,12-13H2,1-4H3. The summed E-state index contributed by atoms with van der Waals surface area (Å²) in [5.41, 5.74) is 5.02. The number of hydrogen-bond acceptors (Lipinski definition) is 7. The Labute approximate surface area is 187 Å². The molecule has 1 N–H and O–H groups in total. The predicted octanol–water partition coefficient (Wildman–Crippen LogP) is 4.72. The largest absolute Gasteiger partial charge is 0.467 e. The van der Waals surface area contributed by atoms with E-state index in [0.717, 1.165) is 46.5 Å². The maximum atomic E-state index is 13.6. The van der Waals surface area contributed by atoms with Gasteiger partial charge in [0.05, 0.1) is 24.4 Å². The number of ether oxygens (including phenoxy) is 1. The van der Waals surface area contributed by atoms with Crippen LogP contribution in [0.25, 0.3) is 11.3 Å². The van der Waals surface area contributed by atoms with E-state index in [0.29, 0.717) is 12.4 Å². The van der Waals surface area contributed by atoms with Crippen molar-refractivity contribution in [1.82, 2.24) is 15.3 Å². The van der Waals surface area contributed by atoms with Crippen molar-refractivity contribution in [2.45, 2.75) is 51.6 Å². The Morgan fingerprint density at radius 1 is 1.22 bits per heavy atom. The second kappa shape index (κ2) is 7.36. The van der Waals surface area contributed by atoms with Gasteiger partial charge in [-0.1, -0.05) is 39.0 Å². The van der Waals surface area contributed by atoms with Crippen LogP contribution in [0.4, 0.5) is 0 Å². The van der Waals surface area contributed by atoms with E-state index in [1.165, 1.54) is 0 Å². The van der Waals surface area contributed by atoms with E-state index in [-0.39, 0.29) is 17.4 Å². The lowest BCUT2D eigenvalue weighted by atomic mass is 9.58. The number of aromatic nitrogens is 2. The lowest BCUT2D eigenvalue weighted by Crippen LogP contribution is -2.51. The minimum atomic E-state index is -0.574. The number of Topliss-reactive ketones (excluding diaryl/α,β-unsaturated/α-hetero) is 1. The maximum absolute atomic E-state index is 13.6. The monoisotopic (exact) mass is 429 g/mol. The van der Waals surface area contributed by atoms with Crippen LogP contribution in [0, 0.1) is 5.41 Å². The number of hydrogen-bond donors (Lipinski definition) is 1. The number of nitrogens with one attached hydrogen (secondary N) is 1. The van der Waals surface area contributed by atoms with Crippen LogP contribution in [0.2, 0.25) is 0 Å². The molecule has 0 saturated carbocycles. The fourth-order valence-corrected chi connectivity index (χ4v) is 5.43. The lowest BCUT2D eigenvalue weighted by Gasteiger charge is -2.47. The Morgan fingerprint density at radius 3 is 2.84 bits per heavy atom. The summed E-state index contributed by atoms with van der Waals surface area (Å²) < 4.78 is 5.21. The van der Waals surface area contributed by atoms with Gasteiger partial charge in [-0.2, -0.15) is 15.2 Å². The quantitative estimate of drug-likeness (QED) is 0.759. The average Bonchev–Trinajstić information content (AvgIpc) is 3.25. The first-order chi connectivity index (χ1) is 15.4. The van der Waals surface area contributed by atoms with E-state index in [2.05, 4.69) is 58.4 Å². The van der Waals surface area contributed by atoms with Crippen LogP contribution in [-0.2, 0) is 10.2 Å². The molecule has 0 fully saturated rings. The van der Waals surface area contributed by atoms with E-state index in [1.54, 1.807) is 13.3 Å². The number of rotatable bonds is 4. The molecule has 164 valence electrons. The topological polar surface area (TPSA) is 88.8 Å². The molecule has 0 saturated heterocycles. The van der Waals surface area contributed by atoms with Gasteiger partial charge < -0.3 is 10.1 Å². The fourth-order valence-electron chi connectivity index (χ4n) is 5.43. The van der Waals surface area contributed by atoms with Gasteiger partial charge in [0, 0.05) is 35.0 Å². The van der Waals surface area contributed by atoms with Crippen LogP contribution in [-0.4, -0.2) is 29.0 Å². The number of ketones is 1. The van der Waals surface area contributed by atoms with Crippen LogP contribution >= 0.6 is 0 Å². The minimum absolute atomic E-state index is 0.0846. The molecule has 1 aromatic carbocycles. The van der Waals surface area contributed by atoms with Crippen molar-refractivity contribution in [2.24, 2.45) is 15.6 Å². The second-order valence-corrected chi connectivity index (χ2v) is 9.43. The third-order valence-electron chi connectivity index (χ3n) is 6.78. The lowest BCUT2D eigenvalue weighted by molar-refractivity contribution is -0.119. The molecule has 1 aromatic heterocycles. The number of carbonyl (C=O) groups is 1. The first-order valence-corrected chi connectivity index (χ1v) is 11.0. The molecular formula is C25H27N5O2. The van der Waals surface area contributed by atoms with E-state index in [1.807, 2.05) is 24.4 Å². The van der Waals surface area contributed by atoms with E-state index in [4.69, 9.17) is 4.74 Å². The van der Waals surface area contributed by atoms with Crippen LogP contribution in [0.1, 0.15) is 45.6 Å². The molecule has 32 heavy (non-hydrogen) atoms. The fraction of sp³-hybridized carbons (Fsp3) is 0.400. The number of allylic oxidation sites excluding steroid dienone is 2. The minimum Gasteiger partial charge on any atom is -0.467 e. The van der Waals surface area contributed by atoms with Gasteiger partial charge in [-0.05, 0) is 36.0 Å². The molecule has 2 unspecified atom stereocenters. The zero-order valence-corrected chi connectivity index (χ0v) is 18.8. The highest BCUT2D eigenvalue weighted by molar-refractivity contribution is 6.01. The van der Waals surface area contributed by atoms with Crippen molar-refractivity contribution in [3.05, 3.63) is 65.1 Å². The summed E-state index contributed by atoms with van der Waals surface area (Å²) in [5, 5.41) is 12.2. The molecule has 3 aliphatic rings. The van der Waals surface area contributed by atoms with E-state index < -0.39 is 5.41 Å². The smallest absolute Gasteiger partial charge is 0.316 e. The summed E-state index contributed by atoms with van der Waals surface area (Å²) in [6, 6.07) is 10.5. The number of fused-ring (bicyclic) bond motifs is 1. The first kappa shape index (κ1) is 20.5. The molecule has 2 aliphatic heterocycles. The maximum Gasteiger partial charge on any atom is 0.316 e. The number of nitrogens with zero attached hydrogens (tertiary/aromatic N) is 4. The molecular weight excluding hydrogens is 402 g/mol. The van der Waals surface area contributed by atoms with Crippen LogP contribution < -0.4 is 10.1 Å². The molecule has 7 heteroatoms. The van der Waals surface area contributed by atoms with Crippen molar-refractivity contribution < 1.29 is 9.53 Å². The Kier molecular flexibility index (Phi) is 4.73. The molecule has 2 atom stereocenters. The van der Waals surface area contributed by atoms with Crippen LogP contribution in [0.5, 0.6) is 6.01 Å². The number of methoxy groups -OCH3 is 1. The van der Waals surface area contributed by atoms with Gasteiger partial charge in [-0.3, -0.25) is 4.79 Å². The first-order valence-electron chi connectivity index (χ1n) is 11.0. The van der Waals surface area contributed by atoms with Gasteiger partial charge >= 0.3 is 6.01 Å². The molecule has 5 rings (SSSR count). The van der Waals surface area contributed by atoms with Crippen molar-refractivity contribution >= 4 is 5.78 Å². The third-order valence-corrected chi connectivity index (χ3v) is 6.78.